The van der Waals surface area contributed by atoms with Crippen molar-refractivity contribution in [2.75, 3.05) is 31.5 Å². The van der Waals surface area contributed by atoms with Gasteiger partial charge in [-0.05, 0) is 37.3 Å². The van der Waals surface area contributed by atoms with E-state index in [1.165, 1.54) is 16.4 Å². The smallest absolute Gasteiger partial charge is 0.282 e. The highest BCUT2D eigenvalue weighted by atomic mass is 35.5. The molecule has 2 aromatic rings. The van der Waals surface area contributed by atoms with Gasteiger partial charge in [0.2, 0.25) is 10.0 Å². The summed E-state index contributed by atoms with van der Waals surface area (Å²) in [5, 5.41) is 12.9. The van der Waals surface area contributed by atoms with Crippen LogP contribution >= 0.6 is 23.2 Å². The fourth-order valence-corrected chi connectivity index (χ4v) is 5.31. The first-order chi connectivity index (χ1) is 14.2. The molecule has 1 fully saturated rings. The van der Waals surface area contributed by atoms with Crippen molar-refractivity contribution in [1.82, 2.24) is 4.31 Å². The normalized spacial score (nSPS) is 16.6. The van der Waals surface area contributed by atoms with Crippen LogP contribution in [0.1, 0.15) is 12.5 Å². The lowest BCUT2D eigenvalue weighted by Crippen LogP contribution is -3.19. The molecule has 0 aromatic heterocycles. The second-order valence-corrected chi connectivity index (χ2v) is 9.76. The van der Waals surface area contributed by atoms with Crippen LogP contribution in [0.4, 0.5) is 5.69 Å². The number of nitrogens with zero attached hydrogens (tertiary/aromatic N) is 2. The molecule has 1 heterocycles. The van der Waals surface area contributed by atoms with Gasteiger partial charge in [-0.1, -0.05) is 35.3 Å². The zero-order valence-electron chi connectivity index (χ0n) is 16.2. The zero-order chi connectivity index (χ0) is 21.9. The molecule has 1 aliphatic heterocycles. The van der Waals surface area contributed by atoms with E-state index in [0.717, 1.165) is 4.90 Å². The van der Waals surface area contributed by atoms with Gasteiger partial charge in [0.1, 0.15) is 6.07 Å². The SMILES string of the molecule is C[C@@H](C(=O)Nc1cc(Cl)ccc1Cl)[NH+]1CCN(S(=O)(=O)c2ccccc2C#N)CC1. The summed E-state index contributed by atoms with van der Waals surface area (Å²) < 4.78 is 27.3. The van der Waals surface area contributed by atoms with Crippen LogP contribution in [0.3, 0.4) is 0 Å². The second kappa shape index (κ2) is 9.33. The third kappa shape index (κ3) is 4.77. The minimum Gasteiger partial charge on any atom is -0.323 e. The lowest BCUT2D eigenvalue weighted by atomic mass is 10.2. The molecule has 3 rings (SSSR count). The first-order valence-corrected chi connectivity index (χ1v) is 11.5. The highest BCUT2D eigenvalue weighted by Crippen LogP contribution is 2.25. The summed E-state index contributed by atoms with van der Waals surface area (Å²) in [5.41, 5.74) is 0.563. The number of nitriles is 1. The maximum Gasteiger partial charge on any atom is 0.282 e. The summed E-state index contributed by atoms with van der Waals surface area (Å²) in [7, 11) is -3.77. The fourth-order valence-electron chi connectivity index (χ4n) is 3.39. The van der Waals surface area contributed by atoms with Crippen LogP contribution in [0.25, 0.3) is 0 Å². The van der Waals surface area contributed by atoms with Gasteiger partial charge in [0.25, 0.3) is 5.91 Å². The van der Waals surface area contributed by atoms with Gasteiger partial charge in [-0.15, -0.1) is 0 Å². The Balaban J connectivity index is 1.65. The molecule has 0 aliphatic carbocycles. The molecule has 30 heavy (non-hydrogen) atoms. The molecule has 0 radical (unpaired) electrons. The maximum atomic E-state index is 12.9. The van der Waals surface area contributed by atoms with Crippen molar-refractivity contribution >= 4 is 44.8 Å². The number of carbonyl (C=O) groups is 1. The van der Waals surface area contributed by atoms with Crippen molar-refractivity contribution in [3.05, 3.63) is 58.1 Å². The van der Waals surface area contributed by atoms with E-state index in [4.69, 9.17) is 23.2 Å². The summed E-state index contributed by atoms with van der Waals surface area (Å²) in [4.78, 5) is 13.6. The van der Waals surface area contributed by atoms with Crippen LogP contribution in [-0.2, 0) is 14.8 Å². The van der Waals surface area contributed by atoms with E-state index in [1.54, 1.807) is 37.3 Å². The van der Waals surface area contributed by atoms with E-state index < -0.39 is 16.1 Å². The van der Waals surface area contributed by atoms with Crippen molar-refractivity contribution in [2.45, 2.75) is 17.9 Å². The van der Waals surface area contributed by atoms with Gasteiger partial charge in [0.15, 0.2) is 6.04 Å². The van der Waals surface area contributed by atoms with Crippen molar-refractivity contribution in [2.24, 2.45) is 0 Å². The van der Waals surface area contributed by atoms with Crippen molar-refractivity contribution in [3.8, 4) is 6.07 Å². The number of hydrogen-bond donors (Lipinski definition) is 2. The molecule has 158 valence electrons. The molecule has 1 amide bonds. The monoisotopic (exact) mass is 467 g/mol. The number of rotatable bonds is 5. The Morgan fingerprint density at radius 1 is 1.20 bits per heavy atom. The third-order valence-corrected chi connectivity index (χ3v) is 7.70. The number of amides is 1. The van der Waals surface area contributed by atoms with E-state index in [9.17, 15) is 18.5 Å². The van der Waals surface area contributed by atoms with Crippen molar-refractivity contribution < 1.29 is 18.1 Å². The molecule has 7 nitrogen and oxygen atoms in total. The van der Waals surface area contributed by atoms with E-state index >= 15 is 0 Å². The lowest BCUT2D eigenvalue weighted by molar-refractivity contribution is -0.917. The number of benzene rings is 2. The largest absolute Gasteiger partial charge is 0.323 e. The van der Waals surface area contributed by atoms with Crippen molar-refractivity contribution in [1.29, 1.82) is 5.26 Å². The number of quaternary nitrogens is 1. The summed E-state index contributed by atoms with van der Waals surface area (Å²) in [6.45, 7) is 3.23. The molecular weight excluding hydrogens is 447 g/mol. The Bertz CT molecular complexity index is 1090. The quantitative estimate of drug-likeness (QED) is 0.700. The summed E-state index contributed by atoms with van der Waals surface area (Å²) in [6.07, 6.45) is 0. The lowest BCUT2D eigenvalue weighted by Gasteiger charge is -2.34. The van der Waals surface area contributed by atoms with Crippen molar-refractivity contribution in [3.63, 3.8) is 0 Å². The Morgan fingerprint density at radius 2 is 1.87 bits per heavy atom. The van der Waals surface area contributed by atoms with Crippen LogP contribution in [0.2, 0.25) is 10.0 Å². The molecule has 1 saturated heterocycles. The second-order valence-electron chi connectivity index (χ2n) is 7.01. The number of sulfonamides is 1. The van der Waals surface area contributed by atoms with Crippen LogP contribution < -0.4 is 10.2 Å². The van der Waals surface area contributed by atoms with Crippen LogP contribution in [0.5, 0.6) is 0 Å². The Labute approximate surface area is 185 Å². The van der Waals surface area contributed by atoms with Crippen LogP contribution in [0, 0.1) is 11.3 Å². The third-order valence-electron chi connectivity index (χ3n) is 5.18. The molecule has 0 spiro atoms. The standard InChI is InChI=1S/C20H20Cl2N4O3S/c1-14(20(27)24-18-12-16(21)6-7-17(18)22)25-8-10-26(11-9-25)30(28,29)19-5-3-2-4-15(19)13-23/h2-7,12,14H,8-11H2,1H3,(H,24,27)/p+1/t14-/m0/s1. The van der Waals surface area contributed by atoms with Gasteiger partial charge < -0.3 is 10.2 Å². The van der Waals surface area contributed by atoms with Crippen LogP contribution in [0.15, 0.2) is 47.4 Å². The van der Waals surface area contributed by atoms with E-state index in [2.05, 4.69) is 5.32 Å². The number of anilines is 1. The van der Waals surface area contributed by atoms with Gasteiger partial charge in [0, 0.05) is 5.02 Å². The average Bonchev–Trinajstić information content (AvgIpc) is 2.75. The number of halogens is 2. The molecule has 2 aromatic carbocycles. The van der Waals surface area contributed by atoms with Gasteiger partial charge in [-0.2, -0.15) is 9.57 Å². The topological polar surface area (TPSA) is 94.7 Å². The van der Waals surface area contributed by atoms with E-state index in [1.807, 2.05) is 6.07 Å². The van der Waals surface area contributed by atoms with E-state index in [0.29, 0.717) is 28.8 Å². The minimum atomic E-state index is -3.77. The molecule has 1 atom stereocenters. The molecule has 1 aliphatic rings. The molecule has 10 heteroatoms. The summed E-state index contributed by atoms with van der Waals surface area (Å²) >= 11 is 12.1. The Morgan fingerprint density at radius 3 is 2.53 bits per heavy atom. The number of hydrogen-bond acceptors (Lipinski definition) is 4. The Kier molecular flexibility index (Phi) is 7.01. The molecule has 2 N–H and O–H groups in total. The molecular formula is C20H21Cl2N4O3S+. The number of nitrogens with one attached hydrogen (secondary N) is 2. The molecule has 0 saturated carbocycles. The number of carbonyl (C=O) groups excluding carboxylic acids is 1. The highest BCUT2D eigenvalue weighted by Gasteiger charge is 2.35. The highest BCUT2D eigenvalue weighted by molar-refractivity contribution is 7.89. The minimum absolute atomic E-state index is 0.0114. The van der Waals surface area contributed by atoms with Gasteiger partial charge >= 0.3 is 0 Å². The maximum absolute atomic E-state index is 12.9. The summed E-state index contributed by atoms with van der Waals surface area (Å²) in [6, 6.07) is 12.5. The first kappa shape index (κ1) is 22.5. The molecule has 0 unspecified atom stereocenters. The zero-order valence-corrected chi connectivity index (χ0v) is 18.6. The van der Waals surface area contributed by atoms with Gasteiger partial charge in [-0.3, -0.25) is 4.79 Å². The molecule has 0 bridgehead atoms. The average molecular weight is 468 g/mol. The fraction of sp³-hybridized carbons (Fsp3) is 0.300. The van der Waals surface area contributed by atoms with Gasteiger partial charge in [0.05, 0.1) is 47.3 Å². The first-order valence-electron chi connectivity index (χ1n) is 9.34. The predicted molar refractivity (Wildman–Crippen MR) is 115 cm³/mol. The predicted octanol–water partition coefficient (Wildman–Crippen LogP) is 1.78. The Hall–Kier alpha value is -2.15. The number of piperazine rings is 1. The summed E-state index contributed by atoms with van der Waals surface area (Å²) in [5.74, 6) is -0.222. The van der Waals surface area contributed by atoms with Crippen LogP contribution in [-0.4, -0.2) is 50.9 Å². The van der Waals surface area contributed by atoms with E-state index in [-0.39, 0.29) is 29.5 Å². The van der Waals surface area contributed by atoms with Gasteiger partial charge in [-0.25, -0.2) is 8.42 Å².